The van der Waals surface area contributed by atoms with Gasteiger partial charge in [0.2, 0.25) is 0 Å². The van der Waals surface area contributed by atoms with Crippen molar-refractivity contribution in [3.05, 3.63) is 52.5 Å². The second-order valence-electron chi connectivity index (χ2n) is 4.75. The Balaban J connectivity index is 1.71. The van der Waals surface area contributed by atoms with Crippen LogP contribution in [-0.2, 0) is 4.79 Å². The van der Waals surface area contributed by atoms with Crippen LogP contribution < -0.4 is 14.4 Å². The van der Waals surface area contributed by atoms with Crippen molar-refractivity contribution in [1.29, 1.82) is 0 Å². The summed E-state index contributed by atoms with van der Waals surface area (Å²) in [7, 11) is 0. The van der Waals surface area contributed by atoms with Gasteiger partial charge < -0.3 is 14.4 Å². The van der Waals surface area contributed by atoms with Crippen LogP contribution in [0.1, 0.15) is 0 Å². The van der Waals surface area contributed by atoms with E-state index < -0.39 is 0 Å². The minimum absolute atomic E-state index is 0.0619. The third-order valence-corrected chi connectivity index (χ3v) is 3.75. The number of hydrogen-bond acceptors (Lipinski definition) is 3. The molecule has 1 aliphatic heterocycles. The number of nitrogens with zero attached hydrogens (tertiary/aromatic N) is 1. The van der Waals surface area contributed by atoms with Gasteiger partial charge in [-0.05, 0) is 42.5 Å². The largest absolute Gasteiger partial charge is 0.490 e. The van der Waals surface area contributed by atoms with Gasteiger partial charge in [-0.25, -0.2) is 0 Å². The maximum atomic E-state index is 12.4. The molecule has 22 heavy (non-hydrogen) atoms. The first-order chi connectivity index (χ1) is 10.6. The van der Waals surface area contributed by atoms with Crippen LogP contribution in [-0.4, -0.2) is 25.7 Å². The van der Waals surface area contributed by atoms with Gasteiger partial charge in [-0.1, -0.05) is 23.2 Å². The molecule has 4 nitrogen and oxygen atoms in total. The van der Waals surface area contributed by atoms with E-state index in [2.05, 4.69) is 0 Å². The van der Waals surface area contributed by atoms with Crippen molar-refractivity contribution in [1.82, 2.24) is 0 Å². The van der Waals surface area contributed by atoms with E-state index in [0.717, 1.165) is 0 Å². The lowest BCUT2D eigenvalue weighted by Gasteiger charge is -2.29. The molecule has 2 aromatic rings. The van der Waals surface area contributed by atoms with Crippen LogP contribution in [0.25, 0.3) is 0 Å². The minimum Gasteiger partial charge on any atom is -0.490 e. The number of ether oxygens (including phenoxy) is 2. The highest BCUT2D eigenvalue weighted by Gasteiger charge is 2.24. The van der Waals surface area contributed by atoms with E-state index in [1.807, 2.05) is 0 Å². The highest BCUT2D eigenvalue weighted by atomic mass is 35.5. The van der Waals surface area contributed by atoms with Crippen LogP contribution >= 0.6 is 23.2 Å². The Morgan fingerprint density at radius 3 is 2.64 bits per heavy atom. The van der Waals surface area contributed by atoms with E-state index in [1.54, 1.807) is 47.4 Å². The number of benzene rings is 2. The summed E-state index contributed by atoms with van der Waals surface area (Å²) in [5.74, 6) is 1.09. The Labute approximate surface area is 138 Å². The predicted octanol–water partition coefficient (Wildman–Crippen LogP) is 3.80. The Bertz CT molecular complexity index is 688. The molecule has 0 saturated heterocycles. The molecular weight excluding hydrogens is 325 g/mol. The van der Waals surface area contributed by atoms with Crippen molar-refractivity contribution in [3.8, 4) is 11.5 Å². The van der Waals surface area contributed by atoms with Gasteiger partial charge in [-0.2, -0.15) is 0 Å². The van der Waals surface area contributed by atoms with Crippen LogP contribution in [0.15, 0.2) is 42.5 Å². The first kappa shape index (κ1) is 15.0. The molecule has 0 atom stereocenters. The normalized spacial score (nSPS) is 13.3. The third-order valence-electron chi connectivity index (χ3n) is 3.26. The van der Waals surface area contributed by atoms with Gasteiger partial charge in [0.15, 0.2) is 6.61 Å². The number of hydrogen-bond donors (Lipinski definition) is 0. The lowest BCUT2D eigenvalue weighted by Crippen LogP contribution is -2.40. The molecule has 0 fully saturated rings. The first-order valence-corrected chi connectivity index (χ1v) is 7.50. The molecule has 0 bridgehead atoms. The van der Waals surface area contributed by atoms with Crippen molar-refractivity contribution in [2.24, 2.45) is 0 Å². The highest BCUT2D eigenvalue weighted by molar-refractivity contribution is 6.31. The van der Waals surface area contributed by atoms with Gasteiger partial charge in [0, 0.05) is 10.0 Å². The zero-order valence-corrected chi connectivity index (χ0v) is 13.1. The monoisotopic (exact) mass is 337 g/mol. The quantitative estimate of drug-likeness (QED) is 0.855. The fourth-order valence-corrected chi connectivity index (χ4v) is 2.50. The maximum Gasteiger partial charge on any atom is 0.265 e. The standard InChI is InChI=1S/C16H13Cl2NO3/c17-11-1-4-13(5-2-11)22-10-16(20)19-7-8-21-15-6-3-12(18)9-14(15)19/h1-6,9H,7-8,10H2. The first-order valence-electron chi connectivity index (χ1n) is 6.74. The molecule has 0 aliphatic carbocycles. The molecule has 2 aromatic carbocycles. The maximum absolute atomic E-state index is 12.4. The lowest BCUT2D eigenvalue weighted by molar-refractivity contribution is -0.120. The Hall–Kier alpha value is -1.91. The number of anilines is 1. The van der Waals surface area contributed by atoms with Crippen molar-refractivity contribution in [2.45, 2.75) is 0 Å². The van der Waals surface area contributed by atoms with Crippen LogP contribution in [0.3, 0.4) is 0 Å². The summed E-state index contributed by atoms with van der Waals surface area (Å²) in [5.41, 5.74) is 0.670. The van der Waals surface area contributed by atoms with Crippen molar-refractivity contribution in [3.63, 3.8) is 0 Å². The average Bonchev–Trinajstić information content (AvgIpc) is 2.53. The van der Waals surface area contributed by atoms with Crippen LogP contribution in [0.4, 0.5) is 5.69 Å². The fourth-order valence-electron chi connectivity index (χ4n) is 2.20. The number of amides is 1. The summed E-state index contributed by atoms with van der Waals surface area (Å²) in [4.78, 5) is 14.0. The SMILES string of the molecule is O=C(COc1ccc(Cl)cc1)N1CCOc2ccc(Cl)cc21. The van der Waals surface area contributed by atoms with Gasteiger partial charge in [-0.15, -0.1) is 0 Å². The minimum atomic E-state index is -0.151. The molecule has 0 saturated carbocycles. The second-order valence-corrected chi connectivity index (χ2v) is 5.62. The molecule has 1 heterocycles. The van der Waals surface area contributed by atoms with Gasteiger partial charge in [-0.3, -0.25) is 4.79 Å². The molecule has 0 N–H and O–H groups in total. The van der Waals surface area contributed by atoms with E-state index in [0.29, 0.717) is 40.4 Å². The van der Waals surface area contributed by atoms with E-state index in [9.17, 15) is 4.79 Å². The Morgan fingerprint density at radius 2 is 1.86 bits per heavy atom. The molecule has 0 radical (unpaired) electrons. The summed E-state index contributed by atoms with van der Waals surface area (Å²) in [5, 5.41) is 1.18. The summed E-state index contributed by atoms with van der Waals surface area (Å²) >= 11 is 11.8. The zero-order valence-electron chi connectivity index (χ0n) is 11.6. The van der Waals surface area contributed by atoms with E-state index in [4.69, 9.17) is 32.7 Å². The summed E-state index contributed by atoms with van der Waals surface area (Å²) in [6.45, 7) is 0.852. The molecule has 0 unspecified atom stereocenters. The molecule has 3 rings (SSSR count). The molecule has 0 spiro atoms. The van der Waals surface area contributed by atoms with Gasteiger partial charge >= 0.3 is 0 Å². The van der Waals surface area contributed by atoms with Crippen LogP contribution in [0.2, 0.25) is 10.0 Å². The van der Waals surface area contributed by atoms with Crippen molar-refractivity contribution < 1.29 is 14.3 Å². The highest BCUT2D eigenvalue weighted by Crippen LogP contribution is 2.34. The van der Waals surface area contributed by atoms with E-state index >= 15 is 0 Å². The van der Waals surface area contributed by atoms with E-state index in [1.165, 1.54) is 0 Å². The number of fused-ring (bicyclic) bond motifs is 1. The van der Waals surface area contributed by atoms with Crippen LogP contribution in [0, 0.1) is 0 Å². The van der Waals surface area contributed by atoms with Crippen molar-refractivity contribution >= 4 is 34.8 Å². The second kappa shape index (κ2) is 6.46. The molecule has 1 amide bonds. The van der Waals surface area contributed by atoms with Gasteiger partial charge in [0.1, 0.15) is 18.1 Å². The number of carbonyl (C=O) groups is 1. The predicted molar refractivity (Wildman–Crippen MR) is 86.2 cm³/mol. The number of carbonyl (C=O) groups excluding carboxylic acids is 1. The van der Waals surface area contributed by atoms with Gasteiger partial charge in [0.25, 0.3) is 5.91 Å². The van der Waals surface area contributed by atoms with Crippen LogP contribution in [0.5, 0.6) is 11.5 Å². The zero-order chi connectivity index (χ0) is 15.5. The lowest BCUT2D eigenvalue weighted by atomic mass is 10.2. The average molecular weight is 338 g/mol. The Kier molecular flexibility index (Phi) is 4.41. The molecular formula is C16H13Cl2NO3. The smallest absolute Gasteiger partial charge is 0.265 e. The summed E-state index contributed by atoms with van der Waals surface area (Å²) < 4.78 is 11.0. The number of halogens is 2. The van der Waals surface area contributed by atoms with Gasteiger partial charge in [0.05, 0.1) is 12.2 Å². The summed E-state index contributed by atoms with van der Waals surface area (Å²) in [6.07, 6.45) is 0. The molecule has 6 heteroatoms. The molecule has 1 aliphatic rings. The third kappa shape index (κ3) is 3.29. The fraction of sp³-hybridized carbons (Fsp3) is 0.188. The molecule has 114 valence electrons. The molecule has 0 aromatic heterocycles. The van der Waals surface area contributed by atoms with E-state index in [-0.39, 0.29) is 12.5 Å². The number of rotatable bonds is 3. The Morgan fingerprint density at radius 1 is 1.14 bits per heavy atom. The van der Waals surface area contributed by atoms with Crippen molar-refractivity contribution in [2.75, 3.05) is 24.7 Å². The topological polar surface area (TPSA) is 38.8 Å². The summed E-state index contributed by atoms with van der Waals surface area (Å²) in [6, 6.07) is 12.1.